The number of nitrogens with one attached hydrogen (secondary N) is 1. The number of aromatic nitrogens is 2. The Morgan fingerprint density at radius 3 is 2.42 bits per heavy atom. The maximum Gasteiger partial charge on any atom is 0.275 e. The molecule has 3 rings (SSSR count). The first-order valence-corrected chi connectivity index (χ1v) is 9.94. The van der Waals surface area contributed by atoms with Crippen LogP contribution in [0.25, 0.3) is 0 Å². The number of aryl methyl sites for hydroxylation is 1. The molecule has 0 unspecified atom stereocenters. The molecule has 140 valence electrons. The Labute approximate surface area is 151 Å². The molecule has 1 saturated heterocycles. The predicted molar refractivity (Wildman–Crippen MR) is 98.9 cm³/mol. The second kappa shape index (κ2) is 6.99. The minimum absolute atomic E-state index is 0.0173. The Bertz CT molecular complexity index is 982. The lowest BCUT2D eigenvalue weighted by Crippen LogP contribution is -2.25. The largest absolute Gasteiger partial charge is 0.497 e. The first-order chi connectivity index (χ1) is 12.3. The Morgan fingerprint density at radius 1 is 1.23 bits per heavy atom. The van der Waals surface area contributed by atoms with Gasteiger partial charge < -0.3 is 9.47 Å². The molecule has 1 fully saturated rings. The number of nitrogens with zero attached hydrogens (tertiary/aromatic N) is 2. The van der Waals surface area contributed by atoms with Crippen LogP contribution in [-0.4, -0.2) is 50.1 Å². The van der Waals surface area contributed by atoms with Crippen LogP contribution in [0.5, 0.6) is 11.5 Å². The van der Waals surface area contributed by atoms with Gasteiger partial charge in [0.25, 0.3) is 5.56 Å². The van der Waals surface area contributed by atoms with E-state index < -0.39 is 9.84 Å². The van der Waals surface area contributed by atoms with E-state index in [0.717, 1.165) is 0 Å². The van der Waals surface area contributed by atoms with Crippen molar-refractivity contribution in [1.29, 1.82) is 0 Å². The Balaban J connectivity index is 1.92. The van der Waals surface area contributed by atoms with Crippen LogP contribution in [0.1, 0.15) is 23.7 Å². The van der Waals surface area contributed by atoms with Crippen molar-refractivity contribution in [2.75, 3.05) is 25.7 Å². The molecule has 0 saturated carbocycles. The zero-order valence-electron chi connectivity index (χ0n) is 14.9. The fourth-order valence-electron chi connectivity index (χ4n) is 2.98. The van der Waals surface area contributed by atoms with Gasteiger partial charge in [-0.05, 0) is 13.3 Å². The standard InChI is InChI=1S/C17H21N3O5S/c1-11-16(9-18-12-6-14(24-2)8-15(7-12)25-3)17(21)20(19-11)13-4-5-26(22,23)10-13/h6-9,13,19H,4-5,10H2,1-3H3/t13-/m0/s1. The summed E-state index contributed by atoms with van der Waals surface area (Å²) in [4.78, 5) is 17.0. The second-order valence-electron chi connectivity index (χ2n) is 6.21. The summed E-state index contributed by atoms with van der Waals surface area (Å²) >= 11 is 0. The monoisotopic (exact) mass is 379 g/mol. The summed E-state index contributed by atoms with van der Waals surface area (Å²) in [7, 11) is 0.0212. The van der Waals surface area contributed by atoms with Crippen LogP contribution in [0.2, 0.25) is 0 Å². The van der Waals surface area contributed by atoms with Crippen molar-refractivity contribution in [3.63, 3.8) is 0 Å². The van der Waals surface area contributed by atoms with E-state index in [2.05, 4.69) is 10.1 Å². The molecule has 1 aliphatic heterocycles. The van der Waals surface area contributed by atoms with Gasteiger partial charge in [-0.25, -0.2) is 13.1 Å². The lowest BCUT2D eigenvalue weighted by Gasteiger charge is -2.07. The summed E-state index contributed by atoms with van der Waals surface area (Å²) in [6.45, 7) is 1.76. The Hall–Kier alpha value is -2.55. The molecular weight excluding hydrogens is 358 g/mol. The van der Waals surface area contributed by atoms with Crippen molar-refractivity contribution >= 4 is 21.7 Å². The van der Waals surface area contributed by atoms with Crippen molar-refractivity contribution < 1.29 is 17.9 Å². The molecule has 8 nitrogen and oxygen atoms in total. The summed E-state index contributed by atoms with van der Waals surface area (Å²) in [5, 5.41) is 2.97. The van der Waals surface area contributed by atoms with Gasteiger partial charge in [0.1, 0.15) is 11.5 Å². The van der Waals surface area contributed by atoms with Crippen LogP contribution in [-0.2, 0) is 9.84 Å². The van der Waals surface area contributed by atoms with Crippen LogP contribution in [0.3, 0.4) is 0 Å². The van der Waals surface area contributed by atoms with E-state index in [1.54, 1.807) is 39.3 Å². The number of aliphatic imine (C=N–C) groups is 1. The number of benzene rings is 1. The van der Waals surface area contributed by atoms with Crippen molar-refractivity contribution in [2.45, 2.75) is 19.4 Å². The highest BCUT2D eigenvalue weighted by molar-refractivity contribution is 7.91. The minimum Gasteiger partial charge on any atom is -0.497 e. The van der Waals surface area contributed by atoms with E-state index in [1.807, 2.05) is 0 Å². The SMILES string of the molecule is COc1cc(N=Cc2c(C)[nH]n([C@H]3CCS(=O)(=O)C3)c2=O)cc(OC)c1. The van der Waals surface area contributed by atoms with Gasteiger partial charge in [-0.1, -0.05) is 0 Å². The molecule has 26 heavy (non-hydrogen) atoms. The molecule has 0 amide bonds. The van der Waals surface area contributed by atoms with E-state index >= 15 is 0 Å². The van der Waals surface area contributed by atoms with Gasteiger partial charge in [0.15, 0.2) is 9.84 Å². The van der Waals surface area contributed by atoms with Crippen molar-refractivity contribution in [2.24, 2.45) is 4.99 Å². The molecule has 1 aliphatic rings. The van der Waals surface area contributed by atoms with Crippen LogP contribution < -0.4 is 15.0 Å². The predicted octanol–water partition coefficient (Wildman–Crippen LogP) is 1.61. The second-order valence-corrected chi connectivity index (χ2v) is 8.44. The van der Waals surface area contributed by atoms with E-state index in [0.29, 0.717) is 34.9 Å². The first kappa shape index (κ1) is 18.2. The molecule has 0 aliphatic carbocycles. The van der Waals surface area contributed by atoms with Crippen molar-refractivity contribution in [1.82, 2.24) is 9.78 Å². The van der Waals surface area contributed by atoms with Crippen LogP contribution >= 0.6 is 0 Å². The number of methoxy groups -OCH3 is 2. The third-order valence-electron chi connectivity index (χ3n) is 4.39. The highest BCUT2D eigenvalue weighted by Crippen LogP contribution is 2.27. The van der Waals surface area contributed by atoms with Gasteiger partial charge in [0.2, 0.25) is 0 Å². The number of ether oxygens (including phenoxy) is 2. The third-order valence-corrected chi connectivity index (χ3v) is 6.14. The summed E-state index contributed by atoms with van der Waals surface area (Å²) in [5.41, 5.74) is 1.34. The molecule has 1 N–H and O–H groups in total. The fourth-order valence-corrected chi connectivity index (χ4v) is 4.68. The molecule has 1 aromatic carbocycles. The Morgan fingerprint density at radius 2 is 1.88 bits per heavy atom. The number of rotatable bonds is 5. The number of sulfone groups is 1. The first-order valence-electron chi connectivity index (χ1n) is 8.11. The van der Waals surface area contributed by atoms with Crippen molar-refractivity contribution in [3.05, 3.63) is 39.8 Å². The van der Waals surface area contributed by atoms with Gasteiger partial charge in [-0.3, -0.25) is 14.9 Å². The van der Waals surface area contributed by atoms with Gasteiger partial charge in [0, 0.05) is 30.1 Å². The fraction of sp³-hybridized carbons (Fsp3) is 0.412. The van der Waals surface area contributed by atoms with Crippen LogP contribution in [0.4, 0.5) is 5.69 Å². The zero-order chi connectivity index (χ0) is 18.9. The lowest BCUT2D eigenvalue weighted by atomic mass is 10.2. The molecule has 1 aromatic heterocycles. The summed E-state index contributed by atoms with van der Waals surface area (Å²) in [5.74, 6) is 1.28. The molecule has 9 heteroatoms. The number of aromatic amines is 1. The highest BCUT2D eigenvalue weighted by atomic mass is 32.2. The quantitative estimate of drug-likeness (QED) is 0.795. The number of hydrogen-bond acceptors (Lipinski definition) is 6. The van der Waals surface area contributed by atoms with Crippen LogP contribution in [0, 0.1) is 6.92 Å². The zero-order valence-corrected chi connectivity index (χ0v) is 15.7. The number of H-pyrrole nitrogens is 1. The van der Waals surface area contributed by atoms with E-state index in [1.165, 1.54) is 10.9 Å². The molecular formula is C17H21N3O5S. The normalized spacial score (nSPS) is 19.1. The van der Waals surface area contributed by atoms with E-state index in [4.69, 9.17) is 9.47 Å². The molecule has 0 bridgehead atoms. The molecule has 0 spiro atoms. The molecule has 0 radical (unpaired) electrons. The maximum absolute atomic E-state index is 12.7. The third kappa shape index (κ3) is 3.67. The summed E-state index contributed by atoms with van der Waals surface area (Å²) < 4.78 is 35.1. The van der Waals surface area contributed by atoms with E-state index in [-0.39, 0.29) is 23.1 Å². The molecule has 2 heterocycles. The van der Waals surface area contributed by atoms with Gasteiger partial charge >= 0.3 is 0 Å². The smallest absolute Gasteiger partial charge is 0.275 e. The topological polar surface area (TPSA) is 103 Å². The summed E-state index contributed by atoms with van der Waals surface area (Å²) in [6, 6.07) is 4.82. The number of hydrogen-bond donors (Lipinski definition) is 1. The maximum atomic E-state index is 12.7. The van der Waals surface area contributed by atoms with Crippen LogP contribution in [0.15, 0.2) is 28.0 Å². The average Bonchev–Trinajstić information content (AvgIpc) is 3.11. The van der Waals surface area contributed by atoms with Gasteiger partial charge in [-0.15, -0.1) is 0 Å². The lowest BCUT2D eigenvalue weighted by molar-refractivity contribution is 0.394. The molecule has 1 atom stereocenters. The molecule has 2 aromatic rings. The van der Waals surface area contributed by atoms with Crippen molar-refractivity contribution in [3.8, 4) is 11.5 Å². The van der Waals surface area contributed by atoms with Gasteiger partial charge in [0.05, 0.1) is 43.0 Å². The average molecular weight is 379 g/mol. The van der Waals surface area contributed by atoms with Gasteiger partial charge in [-0.2, -0.15) is 0 Å². The Kier molecular flexibility index (Phi) is 4.90. The highest BCUT2D eigenvalue weighted by Gasteiger charge is 2.31. The minimum atomic E-state index is -3.08. The summed E-state index contributed by atoms with van der Waals surface area (Å²) in [6.07, 6.45) is 1.91. The van der Waals surface area contributed by atoms with E-state index in [9.17, 15) is 13.2 Å².